The number of sulfonamides is 1. The van der Waals surface area contributed by atoms with Crippen LogP contribution in [0.2, 0.25) is 0 Å². The van der Waals surface area contributed by atoms with Crippen molar-refractivity contribution in [1.29, 1.82) is 0 Å². The van der Waals surface area contributed by atoms with Crippen molar-refractivity contribution in [3.8, 4) is 0 Å². The molecule has 0 bridgehead atoms. The molecule has 1 amide bonds. The molecule has 1 aromatic rings. The summed E-state index contributed by atoms with van der Waals surface area (Å²) in [5.74, 6) is -0.597. The second-order valence-corrected chi connectivity index (χ2v) is 17.3. The lowest BCUT2D eigenvalue weighted by atomic mass is 9.78. The highest BCUT2D eigenvalue weighted by Crippen LogP contribution is 2.37. The summed E-state index contributed by atoms with van der Waals surface area (Å²) in [6, 6.07) is 3.83. The number of piperidine rings is 2. The molecule has 3 heterocycles. The molecule has 3 saturated heterocycles. The van der Waals surface area contributed by atoms with Crippen LogP contribution in [0.3, 0.4) is 0 Å². The molecule has 3 fully saturated rings. The quantitative estimate of drug-likeness (QED) is 0.365. The number of likely N-dealkylation sites (tertiary alicyclic amines) is 1. The fourth-order valence-corrected chi connectivity index (χ4v) is 9.04. The van der Waals surface area contributed by atoms with Crippen molar-refractivity contribution in [2.24, 2.45) is 11.8 Å². The molecule has 0 N–H and O–H groups in total. The Kier molecular flexibility index (Phi) is 11.6. The molecule has 0 spiro atoms. The maximum Gasteiger partial charge on any atom is 0.237 e. The number of carbonyl (C=O) groups is 1. The molecule has 0 aliphatic carbocycles. The minimum atomic E-state index is -3.27. The number of benzene rings is 1. The Labute approximate surface area is 256 Å². The standard InChI is InChI=1S/C30H48F2N4O5S2/c1-23(2)21-36(30(37)22-34-14-16-43(40,41)17-15-34)28-6-9-33(10-7-28)11-8-29(25-18-26(31)20-27(32)19-25)24-4-12-35(13-5-24)42(3,38)39/h18-20,23-24,28-29H,4-17,21-22H2,1-3H3/t29-/m1/s1. The average Bonchev–Trinajstić information content (AvgIpc) is 2.92. The Hall–Kier alpha value is -1.67. The van der Waals surface area contributed by atoms with Crippen molar-refractivity contribution in [3.63, 3.8) is 0 Å². The van der Waals surface area contributed by atoms with Gasteiger partial charge in [0, 0.05) is 57.9 Å². The van der Waals surface area contributed by atoms with E-state index in [9.17, 15) is 30.4 Å². The van der Waals surface area contributed by atoms with Crippen LogP contribution in [0.1, 0.15) is 57.4 Å². The van der Waals surface area contributed by atoms with Crippen LogP contribution < -0.4 is 0 Å². The van der Waals surface area contributed by atoms with Gasteiger partial charge in [0.15, 0.2) is 9.84 Å². The molecule has 0 saturated carbocycles. The first-order valence-corrected chi connectivity index (χ1v) is 19.2. The summed E-state index contributed by atoms with van der Waals surface area (Å²) < 4.78 is 77.6. The van der Waals surface area contributed by atoms with Gasteiger partial charge in [-0.25, -0.2) is 29.9 Å². The highest BCUT2D eigenvalue weighted by Gasteiger charge is 2.34. The van der Waals surface area contributed by atoms with Crippen LogP contribution in [0, 0.1) is 23.5 Å². The zero-order valence-electron chi connectivity index (χ0n) is 25.8. The topological polar surface area (TPSA) is 98.3 Å². The fourth-order valence-electron chi connectivity index (χ4n) is 6.89. The predicted molar refractivity (Wildman–Crippen MR) is 164 cm³/mol. The van der Waals surface area contributed by atoms with Gasteiger partial charge in [0.1, 0.15) is 11.6 Å². The molecule has 0 radical (unpaired) electrons. The van der Waals surface area contributed by atoms with Gasteiger partial charge in [-0.3, -0.25) is 9.69 Å². The van der Waals surface area contributed by atoms with Crippen LogP contribution >= 0.6 is 0 Å². The highest BCUT2D eigenvalue weighted by molar-refractivity contribution is 7.91. The summed E-state index contributed by atoms with van der Waals surface area (Å²) in [5.41, 5.74) is 0.629. The van der Waals surface area contributed by atoms with Crippen LogP contribution in [0.25, 0.3) is 0 Å². The third-order valence-electron chi connectivity index (χ3n) is 9.28. The van der Waals surface area contributed by atoms with Crippen molar-refractivity contribution in [3.05, 3.63) is 35.4 Å². The van der Waals surface area contributed by atoms with Gasteiger partial charge in [-0.15, -0.1) is 0 Å². The summed E-state index contributed by atoms with van der Waals surface area (Å²) in [6.45, 7) is 9.08. The number of amides is 1. The van der Waals surface area contributed by atoms with Crippen molar-refractivity contribution < 1.29 is 30.4 Å². The fraction of sp³-hybridized carbons (Fsp3) is 0.767. The van der Waals surface area contributed by atoms with Gasteiger partial charge in [-0.05, 0) is 74.1 Å². The zero-order valence-corrected chi connectivity index (χ0v) is 27.4. The van der Waals surface area contributed by atoms with E-state index in [0.717, 1.165) is 38.5 Å². The van der Waals surface area contributed by atoms with E-state index >= 15 is 0 Å². The van der Waals surface area contributed by atoms with E-state index in [2.05, 4.69) is 18.7 Å². The second kappa shape index (κ2) is 14.6. The summed E-state index contributed by atoms with van der Waals surface area (Å²) in [7, 11) is -6.27. The van der Waals surface area contributed by atoms with Gasteiger partial charge in [0.25, 0.3) is 0 Å². The van der Waals surface area contributed by atoms with E-state index in [4.69, 9.17) is 0 Å². The molecular weight excluding hydrogens is 598 g/mol. The molecule has 9 nitrogen and oxygen atoms in total. The molecule has 0 unspecified atom stereocenters. The SMILES string of the molecule is CC(C)CN(C(=O)CN1CCS(=O)(=O)CC1)C1CCN(CC[C@@H](c2cc(F)cc(F)c2)C2CCN(S(C)(=O)=O)CC2)CC1. The number of rotatable bonds is 11. The van der Waals surface area contributed by atoms with Crippen molar-refractivity contribution in [2.45, 2.75) is 57.9 Å². The van der Waals surface area contributed by atoms with Crippen LogP contribution in [-0.4, -0.2) is 124 Å². The number of carbonyl (C=O) groups excluding carboxylic acids is 1. The molecule has 3 aliphatic rings. The van der Waals surface area contributed by atoms with Gasteiger partial charge in [-0.2, -0.15) is 0 Å². The van der Waals surface area contributed by atoms with E-state index in [-0.39, 0.29) is 41.8 Å². The van der Waals surface area contributed by atoms with E-state index in [1.165, 1.54) is 22.7 Å². The number of hydrogen-bond donors (Lipinski definition) is 0. The van der Waals surface area contributed by atoms with Gasteiger partial charge >= 0.3 is 0 Å². The van der Waals surface area contributed by atoms with Gasteiger partial charge in [0.2, 0.25) is 15.9 Å². The predicted octanol–water partition coefficient (Wildman–Crippen LogP) is 2.79. The smallest absolute Gasteiger partial charge is 0.237 e. The maximum atomic E-state index is 14.2. The normalized spacial score (nSPS) is 22.6. The minimum Gasteiger partial charge on any atom is -0.338 e. The van der Waals surface area contributed by atoms with Gasteiger partial charge in [0.05, 0.1) is 24.3 Å². The van der Waals surface area contributed by atoms with Crippen LogP contribution in [-0.2, 0) is 24.7 Å². The minimum absolute atomic E-state index is 0.0556. The first-order chi connectivity index (χ1) is 20.2. The molecule has 13 heteroatoms. The number of halogens is 2. The Morgan fingerprint density at radius 1 is 0.930 bits per heavy atom. The monoisotopic (exact) mass is 646 g/mol. The third-order valence-corrected chi connectivity index (χ3v) is 12.2. The summed E-state index contributed by atoms with van der Waals surface area (Å²) in [6.07, 6.45) is 4.88. The zero-order chi connectivity index (χ0) is 31.4. The van der Waals surface area contributed by atoms with E-state index in [0.29, 0.717) is 63.5 Å². The lowest BCUT2D eigenvalue weighted by molar-refractivity contribution is -0.136. The Bertz CT molecular complexity index is 1280. The third kappa shape index (κ3) is 9.91. The second-order valence-electron chi connectivity index (χ2n) is 13.0. The molecular formula is C30H48F2N4O5S2. The maximum absolute atomic E-state index is 14.2. The van der Waals surface area contributed by atoms with E-state index < -0.39 is 31.5 Å². The van der Waals surface area contributed by atoms with Crippen LogP contribution in [0.4, 0.5) is 8.78 Å². The molecule has 244 valence electrons. The first kappa shape index (κ1) is 34.2. The van der Waals surface area contributed by atoms with Crippen molar-refractivity contribution >= 4 is 25.8 Å². The summed E-state index contributed by atoms with van der Waals surface area (Å²) in [5, 5.41) is 0. The highest BCUT2D eigenvalue weighted by atomic mass is 32.2. The van der Waals surface area contributed by atoms with Crippen LogP contribution in [0.15, 0.2) is 18.2 Å². The van der Waals surface area contributed by atoms with Crippen molar-refractivity contribution in [2.75, 3.05) is 76.7 Å². The summed E-state index contributed by atoms with van der Waals surface area (Å²) in [4.78, 5) is 19.7. The lowest BCUT2D eigenvalue weighted by Gasteiger charge is -2.41. The van der Waals surface area contributed by atoms with Crippen molar-refractivity contribution in [1.82, 2.24) is 19.0 Å². The molecule has 1 aromatic carbocycles. The largest absolute Gasteiger partial charge is 0.338 e. The lowest BCUT2D eigenvalue weighted by Crippen LogP contribution is -2.52. The van der Waals surface area contributed by atoms with E-state index in [1.54, 1.807) is 0 Å². The molecule has 3 aliphatic heterocycles. The first-order valence-electron chi connectivity index (χ1n) is 15.6. The van der Waals surface area contributed by atoms with Gasteiger partial charge in [-0.1, -0.05) is 13.8 Å². The average molecular weight is 647 g/mol. The van der Waals surface area contributed by atoms with Crippen LogP contribution in [0.5, 0.6) is 0 Å². The van der Waals surface area contributed by atoms with Gasteiger partial charge < -0.3 is 9.80 Å². The molecule has 1 atom stereocenters. The number of nitrogens with zero attached hydrogens (tertiary/aromatic N) is 4. The summed E-state index contributed by atoms with van der Waals surface area (Å²) >= 11 is 0. The Morgan fingerprint density at radius 2 is 1.51 bits per heavy atom. The Morgan fingerprint density at radius 3 is 2.05 bits per heavy atom. The number of hydrogen-bond acceptors (Lipinski definition) is 7. The number of sulfone groups is 1. The Balaban J connectivity index is 1.35. The molecule has 4 rings (SSSR count). The molecule has 0 aromatic heterocycles. The van der Waals surface area contributed by atoms with E-state index in [1.807, 2.05) is 9.80 Å². The molecule has 43 heavy (non-hydrogen) atoms.